The molecular weight excluding hydrogens is 311 g/mol. The molecular formula is C17H19FN4O2. The van der Waals surface area contributed by atoms with Crippen LogP contribution in [0.5, 0.6) is 0 Å². The highest BCUT2D eigenvalue weighted by atomic mass is 19.1. The molecule has 2 aromatic rings. The zero-order valence-electron chi connectivity index (χ0n) is 13.2. The number of nitrogens with two attached hydrogens (primary N) is 1. The molecule has 2 heterocycles. The van der Waals surface area contributed by atoms with Crippen molar-refractivity contribution in [3.05, 3.63) is 47.9 Å². The molecule has 0 bridgehead atoms. The highest BCUT2D eigenvalue weighted by Gasteiger charge is 2.43. The minimum absolute atomic E-state index is 0.295. The van der Waals surface area contributed by atoms with Crippen molar-refractivity contribution in [2.75, 3.05) is 23.7 Å². The Morgan fingerprint density at radius 1 is 1.33 bits per heavy atom. The number of rotatable bonds is 4. The van der Waals surface area contributed by atoms with Gasteiger partial charge in [-0.05, 0) is 43.0 Å². The number of aromatic nitrogens is 2. The molecule has 6 nitrogen and oxygen atoms in total. The smallest absolute Gasteiger partial charge is 0.311 e. The van der Waals surface area contributed by atoms with Gasteiger partial charge in [0.1, 0.15) is 11.6 Å². The summed E-state index contributed by atoms with van der Waals surface area (Å²) in [6.45, 7) is 0.977. The maximum Gasteiger partial charge on any atom is 0.311 e. The van der Waals surface area contributed by atoms with Gasteiger partial charge in [0.25, 0.3) is 0 Å². The number of benzene rings is 1. The Labute approximate surface area is 139 Å². The predicted octanol–water partition coefficient (Wildman–Crippen LogP) is 2.11. The van der Waals surface area contributed by atoms with Gasteiger partial charge in [-0.15, -0.1) is 0 Å². The van der Waals surface area contributed by atoms with Gasteiger partial charge in [0, 0.05) is 19.3 Å². The molecule has 1 fully saturated rings. The monoisotopic (exact) mass is 330 g/mol. The molecule has 0 amide bonds. The van der Waals surface area contributed by atoms with Crippen LogP contribution in [0.1, 0.15) is 18.4 Å². The van der Waals surface area contributed by atoms with Crippen molar-refractivity contribution in [3.63, 3.8) is 0 Å². The minimum Gasteiger partial charge on any atom is -0.481 e. The van der Waals surface area contributed by atoms with Gasteiger partial charge in [-0.1, -0.05) is 12.1 Å². The van der Waals surface area contributed by atoms with Crippen LogP contribution in [0.15, 0.2) is 36.5 Å². The van der Waals surface area contributed by atoms with Crippen LogP contribution in [0.25, 0.3) is 0 Å². The molecule has 7 heteroatoms. The van der Waals surface area contributed by atoms with E-state index in [1.165, 1.54) is 12.1 Å². The number of carbonyl (C=O) groups is 1. The number of nitrogen functional groups attached to an aromatic ring is 1. The first kappa shape index (κ1) is 16.2. The number of carboxylic acids is 1. The lowest BCUT2D eigenvalue weighted by Crippen LogP contribution is -2.49. The highest BCUT2D eigenvalue weighted by molar-refractivity contribution is 5.76. The van der Waals surface area contributed by atoms with Crippen LogP contribution < -0.4 is 10.6 Å². The van der Waals surface area contributed by atoms with E-state index < -0.39 is 11.4 Å². The molecule has 0 aliphatic carbocycles. The molecule has 126 valence electrons. The van der Waals surface area contributed by atoms with Gasteiger partial charge in [0.15, 0.2) is 0 Å². The van der Waals surface area contributed by atoms with E-state index in [1.807, 2.05) is 4.90 Å². The molecule has 1 aromatic carbocycles. The van der Waals surface area contributed by atoms with Crippen LogP contribution in [-0.4, -0.2) is 34.1 Å². The number of hydrogen-bond acceptors (Lipinski definition) is 5. The van der Waals surface area contributed by atoms with Gasteiger partial charge in [-0.2, -0.15) is 4.98 Å². The molecule has 1 aliphatic rings. The van der Waals surface area contributed by atoms with Crippen molar-refractivity contribution in [1.82, 2.24) is 9.97 Å². The summed E-state index contributed by atoms with van der Waals surface area (Å²) in [4.78, 5) is 22.3. The first-order valence-corrected chi connectivity index (χ1v) is 7.80. The summed E-state index contributed by atoms with van der Waals surface area (Å²) in [5.41, 5.74) is 5.55. The average molecular weight is 330 g/mol. The largest absolute Gasteiger partial charge is 0.481 e. The second-order valence-corrected chi connectivity index (χ2v) is 6.20. The molecule has 3 N–H and O–H groups in total. The second kappa shape index (κ2) is 6.43. The number of carboxylic acid groups (broad SMARTS) is 1. The van der Waals surface area contributed by atoms with E-state index in [2.05, 4.69) is 9.97 Å². The van der Waals surface area contributed by atoms with E-state index in [0.717, 1.165) is 5.56 Å². The third-order valence-corrected chi connectivity index (χ3v) is 4.43. The Morgan fingerprint density at radius 2 is 2.08 bits per heavy atom. The molecule has 0 spiro atoms. The summed E-state index contributed by atoms with van der Waals surface area (Å²) in [7, 11) is 0. The average Bonchev–Trinajstić information content (AvgIpc) is 2.57. The van der Waals surface area contributed by atoms with E-state index >= 15 is 0 Å². The molecule has 1 aliphatic heterocycles. The van der Waals surface area contributed by atoms with Crippen molar-refractivity contribution in [1.29, 1.82) is 0 Å². The fraction of sp³-hybridized carbons (Fsp3) is 0.353. The summed E-state index contributed by atoms with van der Waals surface area (Å²) in [5, 5.41) is 9.86. The van der Waals surface area contributed by atoms with E-state index in [-0.39, 0.29) is 5.82 Å². The Hall–Kier alpha value is -2.70. The topological polar surface area (TPSA) is 92.3 Å². The SMILES string of the molecule is Nc1ccnc(N2CCC[C@](Cc3ccc(F)cc3)(C(=O)O)C2)n1. The third-order valence-electron chi connectivity index (χ3n) is 4.43. The number of aliphatic carboxylic acids is 1. The second-order valence-electron chi connectivity index (χ2n) is 6.20. The molecule has 3 rings (SSSR count). The summed E-state index contributed by atoms with van der Waals surface area (Å²) >= 11 is 0. The summed E-state index contributed by atoms with van der Waals surface area (Å²) in [5.74, 6) is -0.397. The molecule has 1 saturated heterocycles. The standard InChI is InChI=1S/C17H19FN4O2/c18-13-4-2-12(3-5-13)10-17(15(23)24)7-1-9-22(11-17)16-20-8-6-14(19)21-16/h2-6,8H,1,7,9-11H2,(H,23,24)(H2,19,20,21)/t17-/m1/s1. The first-order valence-electron chi connectivity index (χ1n) is 7.80. The van der Waals surface area contributed by atoms with Gasteiger partial charge in [0.05, 0.1) is 5.41 Å². The lowest BCUT2D eigenvalue weighted by Gasteiger charge is -2.40. The number of anilines is 2. The Kier molecular flexibility index (Phi) is 4.33. The van der Waals surface area contributed by atoms with Gasteiger partial charge in [-0.3, -0.25) is 4.79 Å². The van der Waals surface area contributed by atoms with Gasteiger partial charge >= 0.3 is 5.97 Å². The molecule has 0 unspecified atom stereocenters. The highest BCUT2D eigenvalue weighted by Crippen LogP contribution is 2.35. The maximum atomic E-state index is 13.1. The van der Waals surface area contributed by atoms with Crippen LogP contribution in [0.4, 0.5) is 16.2 Å². The summed E-state index contributed by atoms with van der Waals surface area (Å²) in [6.07, 6.45) is 3.17. The fourth-order valence-electron chi connectivity index (χ4n) is 3.20. The molecule has 1 atom stereocenters. The zero-order valence-corrected chi connectivity index (χ0v) is 13.2. The number of nitrogens with zero attached hydrogens (tertiary/aromatic N) is 3. The summed E-state index contributed by atoms with van der Waals surface area (Å²) < 4.78 is 13.1. The van der Waals surface area contributed by atoms with Crippen LogP contribution in [-0.2, 0) is 11.2 Å². The van der Waals surface area contributed by atoms with E-state index in [9.17, 15) is 14.3 Å². The molecule has 0 radical (unpaired) electrons. The zero-order chi connectivity index (χ0) is 17.2. The Morgan fingerprint density at radius 3 is 2.75 bits per heavy atom. The van der Waals surface area contributed by atoms with Crippen LogP contribution >= 0.6 is 0 Å². The maximum absolute atomic E-state index is 13.1. The van der Waals surface area contributed by atoms with Crippen molar-refractivity contribution in [2.24, 2.45) is 5.41 Å². The molecule has 24 heavy (non-hydrogen) atoms. The van der Waals surface area contributed by atoms with Gasteiger partial charge in [-0.25, -0.2) is 9.37 Å². The van der Waals surface area contributed by atoms with Gasteiger partial charge in [0.2, 0.25) is 5.95 Å². The van der Waals surface area contributed by atoms with E-state index in [0.29, 0.717) is 44.1 Å². The van der Waals surface area contributed by atoms with Crippen molar-refractivity contribution in [2.45, 2.75) is 19.3 Å². The Balaban J connectivity index is 1.86. The number of piperidine rings is 1. The fourth-order valence-corrected chi connectivity index (χ4v) is 3.20. The van der Waals surface area contributed by atoms with Crippen LogP contribution in [0.2, 0.25) is 0 Å². The lowest BCUT2D eigenvalue weighted by atomic mass is 9.75. The lowest BCUT2D eigenvalue weighted by molar-refractivity contribution is -0.149. The van der Waals surface area contributed by atoms with Crippen LogP contribution in [0, 0.1) is 11.2 Å². The normalized spacial score (nSPS) is 20.8. The predicted molar refractivity (Wildman–Crippen MR) is 88.1 cm³/mol. The third kappa shape index (κ3) is 3.29. The van der Waals surface area contributed by atoms with Gasteiger partial charge < -0.3 is 15.7 Å². The van der Waals surface area contributed by atoms with Crippen LogP contribution in [0.3, 0.4) is 0 Å². The first-order chi connectivity index (χ1) is 11.5. The number of halogens is 1. The van der Waals surface area contributed by atoms with Crippen molar-refractivity contribution < 1.29 is 14.3 Å². The van der Waals surface area contributed by atoms with E-state index in [1.54, 1.807) is 24.4 Å². The van der Waals surface area contributed by atoms with E-state index in [4.69, 9.17) is 5.73 Å². The molecule has 1 aromatic heterocycles. The van der Waals surface area contributed by atoms with Crippen molar-refractivity contribution in [3.8, 4) is 0 Å². The number of hydrogen-bond donors (Lipinski definition) is 2. The van der Waals surface area contributed by atoms with Crippen molar-refractivity contribution >= 4 is 17.7 Å². The Bertz CT molecular complexity index is 738. The quantitative estimate of drug-likeness (QED) is 0.892. The summed E-state index contributed by atoms with van der Waals surface area (Å²) in [6, 6.07) is 7.57. The molecule has 0 saturated carbocycles. The minimum atomic E-state index is -0.954.